The van der Waals surface area contributed by atoms with Crippen molar-refractivity contribution in [2.24, 2.45) is 0 Å². The second-order valence-corrected chi connectivity index (χ2v) is 8.07. The molecule has 2 rings (SSSR count). The predicted molar refractivity (Wildman–Crippen MR) is 97.9 cm³/mol. The van der Waals surface area contributed by atoms with Crippen molar-refractivity contribution in [1.29, 1.82) is 0 Å². The van der Waals surface area contributed by atoms with Gasteiger partial charge < -0.3 is 10.6 Å². The summed E-state index contributed by atoms with van der Waals surface area (Å²) in [5, 5.41) is 6.42. The maximum absolute atomic E-state index is 12.3. The van der Waals surface area contributed by atoms with Crippen LogP contribution in [0.5, 0.6) is 0 Å². The van der Waals surface area contributed by atoms with Crippen LogP contribution in [0.4, 0.5) is 0 Å². The van der Waals surface area contributed by atoms with Crippen LogP contribution in [0.15, 0.2) is 24.3 Å². The summed E-state index contributed by atoms with van der Waals surface area (Å²) in [7, 11) is -3.20. The Morgan fingerprint density at radius 3 is 2.54 bits per heavy atom. The highest BCUT2D eigenvalue weighted by atomic mass is 35.5. The molecule has 3 N–H and O–H groups in total. The van der Waals surface area contributed by atoms with E-state index in [0.29, 0.717) is 11.6 Å². The molecule has 6 nitrogen and oxygen atoms in total. The zero-order chi connectivity index (χ0) is 16.9. The number of rotatable bonds is 6. The summed E-state index contributed by atoms with van der Waals surface area (Å²) in [6.07, 6.45) is 1.87. The van der Waals surface area contributed by atoms with Crippen LogP contribution in [0.25, 0.3) is 0 Å². The number of carbonyl (C=O) groups excluding carboxylic acids is 1. The molecule has 8 heteroatoms. The fourth-order valence-electron chi connectivity index (χ4n) is 2.60. The Kier molecular flexibility index (Phi) is 8.15. The fourth-order valence-corrected chi connectivity index (χ4v) is 3.19. The van der Waals surface area contributed by atoms with Crippen molar-refractivity contribution in [3.63, 3.8) is 0 Å². The van der Waals surface area contributed by atoms with Crippen LogP contribution in [0.1, 0.15) is 42.6 Å². The molecule has 0 radical (unpaired) electrons. The molecule has 24 heavy (non-hydrogen) atoms. The zero-order valence-corrected chi connectivity index (χ0v) is 15.7. The number of hydrogen-bond donors (Lipinski definition) is 3. The second kappa shape index (κ2) is 9.36. The van der Waals surface area contributed by atoms with E-state index in [4.69, 9.17) is 0 Å². The lowest BCUT2D eigenvalue weighted by atomic mass is 10.00. The summed E-state index contributed by atoms with van der Waals surface area (Å²) in [5.74, 6) is -0.0212. The van der Waals surface area contributed by atoms with Gasteiger partial charge in [-0.3, -0.25) is 4.79 Å². The number of amides is 1. The predicted octanol–water partition coefficient (Wildman–Crippen LogP) is 1.42. The van der Waals surface area contributed by atoms with E-state index in [1.54, 1.807) is 31.2 Å². The van der Waals surface area contributed by atoms with Gasteiger partial charge in [-0.2, -0.15) is 0 Å². The Balaban J connectivity index is 0.00000288. The van der Waals surface area contributed by atoms with Crippen molar-refractivity contribution >= 4 is 28.3 Å². The number of halogens is 1. The number of hydrogen-bond acceptors (Lipinski definition) is 4. The van der Waals surface area contributed by atoms with Crippen molar-refractivity contribution in [2.45, 2.75) is 45.3 Å². The van der Waals surface area contributed by atoms with Crippen LogP contribution >= 0.6 is 12.4 Å². The van der Waals surface area contributed by atoms with Gasteiger partial charge in [-0.25, -0.2) is 13.1 Å². The standard InChI is InChI=1S/C16H25N3O3S.ClH/c1-3-23(21,22)18-11-13-4-6-14(7-5-13)16(20)19-15-8-9-17-12(2)10-15;/h4-7,12,15,17-18H,3,8-11H2,1-2H3,(H,19,20);1H. The number of carbonyl (C=O) groups is 1. The van der Waals surface area contributed by atoms with Gasteiger partial charge in [-0.05, 0) is 50.9 Å². The van der Waals surface area contributed by atoms with Gasteiger partial charge in [0, 0.05) is 24.2 Å². The van der Waals surface area contributed by atoms with Crippen LogP contribution in [0.3, 0.4) is 0 Å². The molecule has 0 aromatic heterocycles. The van der Waals surface area contributed by atoms with Gasteiger partial charge in [0.05, 0.1) is 5.75 Å². The van der Waals surface area contributed by atoms with Gasteiger partial charge in [0.15, 0.2) is 0 Å². The molecule has 2 unspecified atom stereocenters. The molecule has 1 amide bonds. The Morgan fingerprint density at radius 1 is 1.29 bits per heavy atom. The van der Waals surface area contributed by atoms with E-state index >= 15 is 0 Å². The minimum absolute atomic E-state index is 0. The first-order chi connectivity index (χ1) is 10.9. The summed E-state index contributed by atoms with van der Waals surface area (Å²) < 4.78 is 25.3. The van der Waals surface area contributed by atoms with E-state index in [0.717, 1.165) is 24.9 Å². The molecular weight excluding hydrogens is 350 g/mol. The number of sulfonamides is 1. The van der Waals surface area contributed by atoms with Crippen LogP contribution in [-0.2, 0) is 16.6 Å². The summed E-state index contributed by atoms with van der Waals surface area (Å²) >= 11 is 0. The average Bonchev–Trinajstić information content (AvgIpc) is 2.53. The van der Waals surface area contributed by atoms with Gasteiger partial charge in [-0.15, -0.1) is 12.4 Å². The maximum atomic E-state index is 12.3. The molecule has 1 aromatic carbocycles. The maximum Gasteiger partial charge on any atom is 0.251 e. The van der Waals surface area contributed by atoms with Crippen LogP contribution in [0.2, 0.25) is 0 Å². The van der Waals surface area contributed by atoms with E-state index in [2.05, 4.69) is 22.3 Å². The Bertz CT molecular complexity index is 634. The third-order valence-corrected chi connectivity index (χ3v) is 5.40. The first kappa shape index (κ1) is 20.9. The van der Waals surface area contributed by atoms with E-state index < -0.39 is 10.0 Å². The lowest BCUT2D eigenvalue weighted by Gasteiger charge is -2.28. The molecule has 1 aliphatic heterocycles. The molecule has 1 saturated heterocycles. The summed E-state index contributed by atoms with van der Waals surface area (Å²) in [5.41, 5.74) is 1.42. The summed E-state index contributed by atoms with van der Waals surface area (Å²) in [4.78, 5) is 12.3. The molecule has 0 saturated carbocycles. The monoisotopic (exact) mass is 375 g/mol. The van der Waals surface area contributed by atoms with Crippen LogP contribution < -0.4 is 15.4 Å². The topological polar surface area (TPSA) is 87.3 Å². The molecule has 136 valence electrons. The Morgan fingerprint density at radius 2 is 1.96 bits per heavy atom. The fraction of sp³-hybridized carbons (Fsp3) is 0.562. The average molecular weight is 376 g/mol. The van der Waals surface area contributed by atoms with Gasteiger partial charge in [0.2, 0.25) is 10.0 Å². The summed E-state index contributed by atoms with van der Waals surface area (Å²) in [6.45, 7) is 4.87. The van der Waals surface area contributed by atoms with Crippen molar-refractivity contribution in [2.75, 3.05) is 12.3 Å². The van der Waals surface area contributed by atoms with Crippen LogP contribution in [0, 0.1) is 0 Å². The van der Waals surface area contributed by atoms with Crippen molar-refractivity contribution in [3.8, 4) is 0 Å². The lowest BCUT2D eigenvalue weighted by molar-refractivity contribution is 0.0925. The molecule has 1 aliphatic rings. The lowest BCUT2D eigenvalue weighted by Crippen LogP contribution is -2.46. The Hall–Kier alpha value is -1.15. The Labute approximate surface area is 150 Å². The minimum atomic E-state index is -3.20. The highest BCUT2D eigenvalue weighted by Crippen LogP contribution is 2.10. The smallest absolute Gasteiger partial charge is 0.251 e. The van der Waals surface area contributed by atoms with Crippen molar-refractivity contribution < 1.29 is 13.2 Å². The van der Waals surface area contributed by atoms with Gasteiger partial charge in [0.1, 0.15) is 0 Å². The second-order valence-electron chi connectivity index (χ2n) is 5.97. The zero-order valence-electron chi connectivity index (χ0n) is 14.0. The number of nitrogens with one attached hydrogen (secondary N) is 3. The largest absolute Gasteiger partial charge is 0.349 e. The van der Waals surface area contributed by atoms with Gasteiger partial charge in [-0.1, -0.05) is 12.1 Å². The molecule has 2 atom stereocenters. The van der Waals surface area contributed by atoms with Gasteiger partial charge in [0.25, 0.3) is 5.91 Å². The first-order valence-corrected chi connectivity index (χ1v) is 9.65. The highest BCUT2D eigenvalue weighted by Gasteiger charge is 2.20. The molecular formula is C16H26ClN3O3S. The number of benzene rings is 1. The summed E-state index contributed by atoms with van der Waals surface area (Å²) in [6, 6.07) is 7.64. The third kappa shape index (κ3) is 6.39. The van der Waals surface area contributed by atoms with Crippen molar-refractivity contribution in [1.82, 2.24) is 15.4 Å². The molecule has 0 aliphatic carbocycles. The van der Waals surface area contributed by atoms with E-state index in [-0.39, 0.29) is 36.7 Å². The highest BCUT2D eigenvalue weighted by molar-refractivity contribution is 7.89. The third-order valence-electron chi connectivity index (χ3n) is 4.05. The van der Waals surface area contributed by atoms with E-state index in [1.807, 2.05) is 0 Å². The molecule has 1 fully saturated rings. The quantitative estimate of drug-likeness (QED) is 0.701. The molecule has 0 spiro atoms. The first-order valence-electron chi connectivity index (χ1n) is 8.00. The minimum Gasteiger partial charge on any atom is -0.349 e. The number of piperidine rings is 1. The van der Waals surface area contributed by atoms with E-state index in [9.17, 15) is 13.2 Å². The molecule has 1 heterocycles. The van der Waals surface area contributed by atoms with Crippen LogP contribution in [-0.4, -0.2) is 38.7 Å². The van der Waals surface area contributed by atoms with Crippen molar-refractivity contribution in [3.05, 3.63) is 35.4 Å². The normalized spacial score (nSPS) is 20.9. The van der Waals surface area contributed by atoms with E-state index in [1.165, 1.54) is 0 Å². The SMILES string of the molecule is CCS(=O)(=O)NCc1ccc(C(=O)NC2CCNC(C)C2)cc1.Cl. The molecule has 1 aromatic rings. The van der Waals surface area contributed by atoms with Gasteiger partial charge >= 0.3 is 0 Å². The molecule has 0 bridgehead atoms.